The first-order valence-corrected chi connectivity index (χ1v) is 7.06. The third kappa shape index (κ3) is 4.38. The first-order valence-electron chi connectivity index (χ1n) is 5.98. The zero-order valence-electron chi connectivity index (χ0n) is 11.0. The van der Waals surface area contributed by atoms with Crippen molar-refractivity contribution >= 4 is 34.2 Å². The Labute approximate surface area is 138 Å². The Balaban J connectivity index is 2.01. The fourth-order valence-electron chi connectivity index (χ4n) is 1.55. The summed E-state index contributed by atoms with van der Waals surface area (Å²) in [6.45, 7) is -0.450. The van der Waals surface area contributed by atoms with Gasteiger partial charge in [-0.1, -0.05) is 0 Å². The van der Waals surface area contributed by atoms with Crippen LogP contribution in [0.15, 0.2) is 42.5 Å². The average molecular weight is 417 g/mol. The van der Waals surface area contributed by atoms with Crippen LogP contribution in [-0.2, 0) is 4.79 Å². The third-order valence-electron chi connectivity index (χ3n) is 2.51. The van der Waals surface area contributed by atoms with E-state index in [1.54, 1.807) is 24.3 Å². The van der Waals surface area contributed by atoms with Crippen molar-refractivity contribution in [1.82, 2.24) is 0 Å². The van der Waals surface area contributed by atoms with E-state index in [1.807, 2.05) is 0 Å². The summed E-state index contributed by atoms with van der Waals surface area (Å²) in [7, 11) is 0. The van der Waals surface area contributed by atoms with Crippen LogP contribution in [0, 0.1) is 19.5 Å². The molecule has 0 atom stereocenters. The highest BCUT2D eigenvalue weighted by atomic mass is 127. The van der Waals surface area contributed by atoms with Gasteiger partial charge < -0.3 is 9.47 Å². The van der Waals surface area contributed by atoms with Gasteiger partial charge in [0.1, 0.15) is 11.6 Å². The van der Waals surface area contributed by atoms with E-state index in [0.717, 1.165) is 21.8 Å². The van der Waals surface area contributed by atoms with Gasteiger partial charge in [-0.15, -0.1) is 0 Å². The van der Waals surface area contributed by atoms with Gasteiger partial charge in [-0.2, -0.15) is 0 Å². The first kappa shape index (κ1) is 16.1. The fraction of sp³-hybridized carbons (Fsp3) is 0.0714. The first-order chi connectivity index (χ1) is 10.5. The summed E-state index contributed by atoms with van der Waals surface area (Å²) in [5, 5.41) is 10.8. The summed E-state index contributed by atoms with van der Waals surface area (Å²) in [5.41, 5.74) is -0.496. The number of nitro groups is 1. The molecule has 114 valence electrons. The molecule has 8 heteroatoms. The standard InChI is InChI=1S/C14H9FINO5/c15-9-1-6-12(17(19)20)13(7-9)22-14(18)8-21-11-4-2-10(16)3-5-11/h1-7H,8H2. The van der Waals surface area contributed by atoms with Gasteiger partial charge in [0.25, 0.3) is 0 Å². The van der Waals surface area contributed by atoms with Gasteiger partial charge >= 0.3 is 11.7 Å². The molecule has 0 aliphatic heterocycles. The average Bonchev–Trinajstić information content (AvgIpc) is 2.46. The molecule has 2 aromatic rings. The predicted molar refractivity (Wildman–Crippen MR) is 83.3 cm³/mol. The molecule has 0 amide bonds. The van der Waals surface area contributed by atoms with Crippen LogP contribution in [0.5, 0.6) is 11.5 Å². The molecule has 0 saturated carbocycles. The zero-order chi connectivity index (χ0) is 16.1. The number of nitro benzene ring substituents is 1. The summed E-state index contributed by atoms with van der Waals surface area (Å²) in [4.78, 5) is 21.7. The van der Waals surface area contributed by atoms with Crippen LogP contribution in [-0.4, -0.2) is 17.5 Å². The third-order valence-corrected chi connectivity index (χ3v) is 3.23. The maximum atomic E-state index is 13.1. The van der Waals surface area contributed by atoms with Crippen LogP contribution in [0.4, 0.5) is 10.1 Å². The largest absolute Gasteiger partial charge is 0.482 e. The van der Waals surface area contributed by atoms with E-state index in [2.05, 4.69) is 22.6 Å². The number of ether oxygens (including phenoxy) is 2. The van der Waals surface area contributed by atoms with Crippen LogP contribution in [0.1, 0.15) is 0 Å². The molecule has 0 unspecified atom stereocenters. The monoisotopic (exact) mass is 417 g/mol. The second-order valence-corrected chi connectivity index (χ2v) is 5.33. The van der Waals surface area contributed by atoms with Crippen LogP contribution >= 0.6 is 22.6 Å². The topological polar surface area (TPSA) is 78.7 Å². The Morgan fingerprint density at radius 2 is 1.91 bits per heavy atom. The van der Waals surface area contributed by atoms with Gasteiger partial charge in [0.2, 0.25) is 5.75 Å². The minimum Gasteiger partial charge on any atom is -0.482 e. The zero-order valence-corrected chi connectivity index (χ0v) is 13.2. The molecule has 0 aliphatic carbocycles. The number of benzene rings is 2. The molecule has 0 radical (unpaired) electrons. The summed E-state index contributed by atoms with van der Waals surface area (Å²) < 4.78 is 24.1. The van der Waals surface area contributed by atoms with Crippen molar-refractivity contribution in [1.29, 1.82) is 0 Å². The molecule has 0 spiro atoms. The molecule has 22 heavy (non-hydrogen) atoms. The van der Waals surface area contributed by atoms with E-state index < -0.39 is 34.8 Å². The number of hydrogen-bond acceptors (Lipinski definition) is 5. The Kier molecular flexibility index (Phi) is 5.26. The van der Waals surface area contributed by atoms with Crippen LogP contribution < -0.4 is 9.47 Å². The van der Waals surface area contributed by atoms with Crippen LogP contribution in [0.2, 0.25) is 0 Å². The summed E-state index contributed by atoms with van der Waals surface area (Å²) in [5.74, 6) is -1.62. The number of esters is 1. The van der Waals surface area contributed by atoms with Gasteiger partial charge in [0.05, 0.1) is 4.92 Å². The second kappa shape index (κ2) is 7.16. The molecule has 2 aromatic carbocycles. The van der Waals surface area contributed by atoms with E-state index in [4.69, 9.17) is 9.47 Å². The lowest BCUT2D eigenvalue weighted by molar-refractivity contribution is -0.385. The van der Waals surface area contributed by atoms with Gasteiger partial charge in [-0.3, -0.25) is 10.1 Å². The van der Waals surface area contributed by atoms with Crippen molar-refractivity contribution in [3.8, 4) is 11.5 Å². The molecule has 0 aromatic heterocycles. The highest BCUT2D eigenvalue weighted by Gasteiger charge is 2.19. The maximum absolute atomic E-state index is 13.1. The molecule has 2 rings (SSSR count). The van der Waals surface area contributed by atoms with Crippen LogP contribution in [0.3, 0.4) is 0 Å². The van der Waals surface area contributed by atoms with Gasteiger partial charge in [-0.25, -0.2) is 9.18 Å². The highest BCUT2D eigenvalue weighted by Crippen LogP contribution is 2.27. The minimum absolute atomic E-state index is 0.450. The van der Waals surface area contributed by atoms with Crippen molar-refractivity contribution in [3.05, 3.63) is 62.0 Å². The van der Waals surface area contributed by atoms with Crippen molar-refractivity contribution in [3.63, 3.8) is 0 Å². The SMILES string of the molecule is O=C(COc1ccc(I)cc1)Oc1cc(F)ccc1[N+](=O)[O-]. The number of carbonyl (C=O) groups is 1. The maximum Gasteiger partial charge on any atom is 0.349 e. The Bertz CT molecular complexity index is 705. The quantitative estimate of drug-likeness (QED) is 0.245. The molecule has 0 N–H and O–H groups in total. The molecule has 0 fully saturated rings. The normalized spacial score (nSPS) is 10.1. The van der Waals surface area contributed by atoms with Crippen molar-refractivity contribution < 1.29 is 23.6 Å². The summed E-state index contributed by atoms with van der Waals surface area (Å²) in [6, 6.07) is 9.53. The summed E-state index contributed by atoms with van der Waals surface area (Å²) >= 11 is 2.12. The van der Waals surface area contributed by atoms with E-state index in [-0.39, 0.29) is 0 Å². The van der Waals surface area contributed by atoms with E-state index in [1.165, 1.54) is 0 Å². The summed E-state index contributed by atoms with van der Waals surface area (Å²) in [6.07, 6.45) is 0. The molecule has 6 nitrogen and oxygen atoms in total. The fourth-order valence-corrected chi connectivity index (χ4v) is 1.91. The second-order valence-electron chi connectivity index (χ2n) is 4.09. The van der Waals surface area contributed by atoms with Gasteiger partial charge in [-0.05, 0) is 52.9 Å². The molecular weight excluding hydrogens is 408 g/mol. The van der Waals surface area contributed by atoms with E-state index in [9.17, 15) is 19.3 Å². The van der Waals surface area contributed by atoms with E-state index >= 15 is 0 Å². The van der Waals surface area contributed by atoms with Gasteiger partial charge in [0, 0.05) is 15.7 Å². The van der Waals surface area contributed by atoms with Crippen LogP contribution in [0.25, 0.3) is 0 Å². The smallest absolute Gasteiger partial charge is 0.349 e. The minimum atomic E-state index is -0.868. The lowest BCUT2D eigenvalue weighted by Gasteiger charge is -2.07. The van der Waals surface area contributed by atoms with Crippen molar-refractivity contribution in [2.24, 2.45) is 0 Å². The van der Waals surface area contributed by atoms with Gasteiger partial charge in [0.15, 0.2) is 6.61 Å². The number of rotatable bonds is 5. The predicted octanol–water partition coefficient (Wildman–Crippen LogP) is 3.32. The number of carbonyl (C=O) groups excluding carboxylic acids is 1. The number of nitrogens with zero attached hydrogens (tertiary/aromatic N) is 1. The Morgan fingerprint density at radius 1 is 1.23 bits per heavy atom. The van der Waals surface area contributed by atoms with Crippen molar-refractivity contribution in [2.45, 2.75) is 0 Å². The molecule has 0 aliphatic rings. The van der Waals surface area contributed by atoms with Crippen molar-refractivity contribution in [2.75, 3.05) is 6.61 Å². The lowest BCUT2D eigenvalue weighted by Crippen LogP contribution is -2.18. The molecule has 0 saturated heterocycles. The van der Waals surface area contributed by atoms with E-state index in [0.29, 0.717) is 5.75 Å². The Morgan fingerprint density at radius 3 is 2.55 bits per heavy atom. The highest BCUT2D eigenvalue weighted by molar-refractivity contribution is 14.1. The molecular formula is C14H9FINO5. The number of halogens is 2. The number of hydrogen-bond donors (Lipinski definition) is 0. The Hall–Kier alpha value is -2.23. The molecule has 0 heterocycles. The molecule has 0 bridgehead atoms. The lowest BCUT2D eigenvalue weighted by atomic mass is 10.3.